The first-order valence-electron chi connectivity index (χ1n) is 10.4. The number of ether oxygens (including phenoxy) is 1. The molecule has 1 aliphatic rings. The maximum absolute atomic E-state index is 11.3. The Bertz CT molecular complexity index is 1030. The molecule has 0 radical (unpaired) electrons. The highest BCUT2D eigenvalue weighted by Crippen LogP contribution is 2.35. The normalized spacial score (nSPS) is 16.7. The SMILES string of the molecule is CCc1ccc([C@H]2c3cccn3CCCN2Cc2cc([N+](=O)[O-])ccc2OC)cc1. The predicted molar refractivity (Wildman–Crippen MR) is 117 cm³/mol. The van der Waals surface area contributed by atoms with Gasteiger partial charge in [0, 0.05) is 49.2 Å². The highest BCUT2D eigenvalue weighted by Gasteiger charge is 2.28. The Labute approximate surface area is 176 Å². The summed E-state index contributed by atoms with van der Waals surface area (Å²) >= 11 is 0. The molecule has 4 rings (SSSR count). The summed E-state index contributed by atoms with van der Waals surface area (Å²) in [5, 5.41) is 11.3. The third-order valence-corrected chi connectivity index (χ3v) is 5.91. The fourth-order valence-electron chi connectivity index (χ4n) is 4.35. The summed E-state index contributed by atoms with van der Waals surface area (Å²) in [6, 6.07) is 18.0. The van der Waals surface area contributed by atoms with E-state index in [2.05, 4.69) is 59.0 Å². The van der Waals surface area contributed by atoms with E-state index in [1.54, 1.807) is 19.2 Å². The summed E-state index contributed by atoms with van der Waals surface area (Å²) in [7, 11) is 1.61. The molecule has 0 fully saturated rings. The molecule has 30 heavy (non-hydrogen) atoms. The third kappa shape index (κ3) is 3.96. The van der Waals surface area contributed by atoms with Gasteiger partial charge in [0.1, 0.15) is 5.75 Å². The Morgan fingerprint density at radius 2 is 1.93 bits per heavy atom. The number of nitrogens with zero attached hydrogens (tertiary/aromatic N) is 3. The monoisotopic (exact) mass is 405 g/mol. The first-order valence-corrected chi connectivity index (χ1v) is 10.4. The Hall–Kier alpha value is -3.12. The van der Waals surface area contributed by atoms with E-state index in [9.17, 15) is 10.1 Å². The molecule has 6 heteroatoms. The van der Waals surface area contributed by atoms with E-state index in [-0.39, 0.29) is 16.7 Å². The van der Waals surface area contributed by atoms with Gasteiger partial charge in [-0.15, -0.1) is 0 Å². The van der Waals surface area contributed by atoms with Crippen LogP contribution in [0.5, 0.6) is 5.75 Å². The number of nitro groups is 1. The number of aromatic nitrogens is 1. The fourth-order valence-corrected chi connectivity index (χ4v) is 4.35. The van der Waals surface area contributed by atoms with Crippen LogP contribution in [0.15, 0.2) is 60.8 Å². The lowest BCUT2D eigenvalue weighted by Crippen LogP contribution is -2.29. The average Bonchev–Trinajstić information content (AvgIpc) is 3.15. The van der Waals surface area contributed by atoms with Gasteiger partial charge in [0.2, 0.25) is 0 Å². The van der Waals surface area contributed by atoms with E-state index in [1.807, 2.05) is 0 Å². The minimum Gasteiger partial charge on any atom is -0.496 e. The van der Waals surface area contributed by atoms with Crippen LogP contribution in [-0.4, -0.2) is 28.0 Å². The molecule has 0 unspecified atom stereocenters. The van der Waals surface area contributed by atoms with Crippen LogP contribution in [0, 0.1) is 10.1 Å². The number of non-ortho nitro benzene ring substituents is 1. The standard InChI is InChI=1S/C24H27N3O3/c1-3-18-7-9-19(10-8-18)24-22-6-4-13-25(22)14-5-15-26(24)17-20-16-21(27(28)29)11-12-23(20)30-2/h4,6-13,16,24H,3,5,14-15,17H2,1-2H3/t24-/m0/s1. The molecule has 0 saturated heterocycles. The highest BCUT2D eigenvalue weighted by molar-refractivity contribution is 5.44. The van der Waals surface area contributed by atoms with Crippen LogP contribution in [0.25, 0.3) is 0 Å². The fraction of sp³-hybridized carbons (Fsp3) is 0.333. The molecule has 156 valence electrons. The van der Waals surface area contributed by atoms with Gasteiger partial charge in [-0.1, -0.05) is 31.2 Å². The van der Waals surface area contributed by atoms with Crippen molar-refractivity contribution in [1.82, 2.24) is 9.47 Å². The van der Waals surface area contributed by atoms with Crippen molar-refractivity contribution in [2.24, 2.45) is 0 Å². The van der Waals surface area contributed by atoms with Crippen LogP contribution in [0.1, 0.15) is 41.8 Å². The molecular formula is C24H27N3O3. The number of methoxy groups -OCH3 is 1. The summed E-state index contributed by atoms with van der Waals surface area (Å²) in [6.45, 7) is 4.60. The molecule has 0 saturated carbocycles. The van der Waals surface area contributed by atoms with Crippen molar-refractivity contribution in [1.29, 1.82) is 0 Å². The molecule has 2 heterocycles. The Kier molecular flexibility index (Phi) is 5.86. The number of aryl methyl sites for hydroxylation is 2. The van der Waals surface area contributed by atoms with E-state index in [4.69, 9.17) is 4.74 Å². The zero-order valence-electron chi connectivity index (χ0n) is 17.5. The molecule has 1 aromatic heterocycles. The van der Waals surface area contributed by atoms with Crippen molar-refractivity contribution in [2.45, 2.75) is 38.9 Å². The second-order valence-corrected chi connectivity index (χ2v) is 7.70. The Morgan fingerprint density at radius 3 is 2.63 bits per heavy atom. The van der Waals surface area contributed by atoms with Crippen LogP contribution < -0.4 is 4.74 Å². The quantitative estimate of drug-likeness (QED) is 0.429. The summed E-state index contributed by atoms with van der Waals surface area (Å²) in [5.74, 6) is 0.681. The zero-order valence-corrected chi connectivity index (χ0v) is 17.5. The van der Waals surface area contributed by atoms with E-state index in [0.717, 1.165) is 31.5 Å². The Morgan fingerprint density at radius 1 is 1.13 bits per heavy atom. The van der Waals surface area contributed by atoms with E-state index in [0.29, 0.717) is 12.3 Å². The summed E-state index contributed by atoms with van der Waals surface area (Å²) in [5.41, 5.74) is 4.73. The maximum Gasteiger partial charge on any atom is 0.270 e. The summed E-state index contributed by atoms with van der Waals surface area (Å²) in [6.07, 6.45) is 4.17. The van der Waals surface area contributed by atoms with Crippen LogP contribution in [-0.2, 0) is 19.5 Å². The number of fused-ring (bicyclic) bond motifs is 1. The van der Waals surface area contributed by atoms with Gasteiger partial charge >= 0.3 is 0 Å². The molecule has 0 N–H and O–H groups in total. The maximum atomic E-state index is 11.3. The molecular weight excluding hydrogens is 378 g/mol. The topological polar surface area (TPSA) is 60.5 Å². The summed E-state index contributed by atoms with van der Waals surface area (Å²) in [4.78, 5) is 13.4. The smallest absolute Gasteiger partial charge is 0.270 e. The molecule has 0 aliphatic carbocycles. The lowest BCUT2D eigenvalue weighted by atomic mass is 9.99. The van der Waals surface area contributed by atoms with Crippen molar-refractivity contribution in [3.8, 4) is 5.75 Å². The molecule has 6 nitrogen and oxygen atoms in total. The van der Waals surface area contributed by atoms with Crippen molar-refractivity contribution in [2.75, 3.05) is 13.7 Å². The van der Waals surface area contributed by atoms with E-state index in [1.165, 1.54) is 22.9 Å². The number of benzene rings is 2. The molecule has 1 atom stereocenters. The molecule has 2 aromatic carbocycles. The van der Waals surface area contributed by atoms with Gasteiger partial charge in [-0.3, -0.25) is 15.0 Å². The van der Waals surface area contributed by atoms with Gasteiger partial charge < -0.3 is 9.30 Å². The molecule has 0 bridgehead atoms. The molecule has 3 aromatic rings. The number of rotatable bonds is 6. The number of hydrogen-bond acceptors (Lipinski definition) is 4. The zero-order chi connectivity index (χ0) is 21.1. The highest BCUT2D eigenvalue weighted by atomic mass is 16.6. The minimum atomic E-state index is -0.350. The minimum absolute atomic E-state index is 0.0809. The second kappa shape index (κ2) is 8.71. The van der Waals surface area contributed by atoms with Crippen molar-refractivity contribution in [3.05, 3.63) is 93.3 Å². The first-order chi connectivity index (χ1) is 14.6. The molecule has 1 aliphatic heterocycles. The number of hydrogen-bond donors (Lipinski definition) is 0. The van der Waals surface area contributed by atoms with Gasteiger partial charge in [0.05, 0.1) is 18.1 Å². The predicted octanol–water partition coefficient (Wildman–Crippen LogP) is 4.96. The third-order valence-electron chi connectivity index (χ3n) is 5.91. The largest absolute Gasteiger partial charge is 0.496 e. The van der Waals surface area contributed by atoms with Gasteiger partial charge in [-0.05, 0) is 42.2 Å². The Balaban J connectivity index is 1.75. The first kappa shape index (κ1) is 20.2. The van der Waals surface area contributed by atoms with Crippen LogP contribution in [0.2, 0.25) is 0 Å². The van der Waals surface area contributed by atoms with Crippen molar-refractivity contribution < 1.29 is 9.66 Å². The van der Waals surface area contributed by atoms with Gasteiger partial charge in [-0.2, -0.15) is 0 Å². The summed E-state index contributed by atoms with van der Waals surface area (Å²) < 4.78 is 7.85. The average molecular weight is 405 g/mol. The van der Waals surface area contributed by atoms with Crippen LogP contribution in [0.4, 0.5) is 5.69 Å². The second-order valence-electron chi connectivity index (χ2n) is 7.70. The van der Waals surface area contributed by atoms with Gasteiger partial charge in [0.15, 0.2) is 0 Å². The van der Waals surface area contributed by atoms with Crippen LogP contribution >= 0.6 is 0 Å². The number of nitro benzene ring substituents is 1. The van der Waals surface area contributed by atoms with E-state index < -0.39 is 0 Å². The molecule has 0 amide bonds. The van der Waals surface area contributed by atoms with Gasteiger partial charge in [-0.25, -0.2) is 0 Å². The lowest BCUT2D eigenvalue weighted by molar-refractivity contribution is -0.385. The van der Waals surface area contributed by atoms with Crippen LogP contribution in [0.3, 0.4) is 0 Å². The molecule has 0 spiro atoms. The van der Waals surface area contributed by atoms with Crippen molar-refractivity contribution >= 4 is 5.69 Å². The van der Waals surface area contributed by atoms with Crippen molar-refractivity contribution in [3.63, 3.8) is 0 Å². The van der Waals surface area contributed by atoms with E-state index >= 15 is 0 Å². The van der Waals surface area contributed by atoms with Gasteiger partial charge in [0.25, 0.3) is 5.69 Å². The lowest BCUT2D eigenvalue weighted by Gasteiger charge is -2.31.